The zero-order chi connectivity index (χ0) is 18.9. The third kappa shape index (κ3) is 5.68. The molecule has 2 rings (SSSR count). The largest absolute Gasteiger partial charge is 0.490 e. The Morgan fingerprint density at radius 3 is 2.58 bits per heavy atom. The van der Waals surface area contributed by atoms with Crippen molar-refractivity contribution in [2.24, 2.45) is 0 Å². The van der Waals surface area contributed by atoms with E-state index < -0.39 is 0 Å². The van der Waals surface area contributed by atoms with Gasteiger partial charge in [0.25, 0.3) is 0 Å². The van der Waals surface area contributed by atoms with Crippen LogP contribution in [0.15, 0.2) is 36.4 Å². The summed E-state index contributed by atoms with van der Waals surface area (Å²) < 4.78 is 11.5. The average molecular weight is 373 g/mol. The molecule has 0 aliphatic rings. The van der Waals surface area contributed by atoms with E-state index in [9.17, 15) is 4.79 Å². The van der Waals surface area contributed by atoms with E-state index in [0.717, 1.165) is 11.1 Å². The van der Waals surface area contributed by atoms with Gasteiger partial charge in [0.1, 0.15) is 13.0 Å². The molecule has 0 unspecified atom stereocenters. The molecule has 2 aromatic rings. The molecule has 0 atom stereocenters. The van der Waals surface area contributed by atoms with Gasteiger partial charge < -0.3 is 14.8 Å². The Kier molecular flexibility index (Phi) is 7.31. The summed E-state index contributed by atoms with van der Waals surface area (Å²) in [6, 6.07) is 13.4. The lowest BCUT2D eigenvalue weighted by molar-refractivity contribution is -0.120. The van der Waals surface area contributed by atoms with Gasteiger partial charge in [-0.25, -0.2) is 0 Å². The number of nitriles is 1. The number of hydrogen-bond donors (Lipinski definition) is 1. The Morgan fingerprint density at radius 1 is 1.19 bits per heavy atom. The number of ether oxygens (including phenoxy) is 2. The molecule has 0 saturated heterocycles. The Morgan fingerprint density at radius 2 is 1.92 bits per heavy atom. The molecule has 136 valence electrons. The van der Waals surface area contributed by atoms with E-state index in [1.165, 1.54) is 5.56 Å². The third-order valence-electron chi connectivity index (χ3n) is 3.60. The lowest BCUT2D eigenvalue weighted by Crippen LogP contribution is -2.21. The van der Waals surface area contributed by atoms with E-state index in [1.54, 1.807) is 12.1 Å². The van der Waals surface area contributed by atoms with Crippen LogP contribution < -0.4 is 14.8 Å². The monoisotopic (exact) mass is 372 g/mol. The van der Waals surface area contributed by atoms with Crippen LogP contribution in [0.25, 0.3) is 0 Å². The average Bonchev–Trinajstić information content (AvgIpc) is 2.61. The first-order valence-electron chi connectivity index (χ1n) is 8.30. The molecule has 0 aromatic heterocycles. The highest BCUT2D eigenvalue weighted by atomic mass is 35.5. The molecule has 26 heavy (non-hydrogen) atoms. The highest BCUT2D eigenvalue weighted by molar-refractivity contribution is 6.32. The van der Waals surface area contributed by atoms with Crippen LogP contribution in [0.1, 0.15) is 30.0 Å². The minimum atomic E-state index is -0.332. The number of aryl methyl sites for hydroxylation is 1. The van der Waals surface area contributed by atoms with E-state index in [0.29, 0.717) is 29.7 Å². The summed E-state index contributed by atoms with van der Waals surface area (Å²) >= 11 is 6.37. The second-order valence-corrected chi connectivity index (χ2v) is 6.13. The maximum Gasteiger partial charge on any atom is 0.234 e. The molecule has 0 saturated carbocycles. The molecular weight excluding hydrogens is 352 g/mol. The molecule has 1 N–H and O–H groups in total. The summed E-state index contributed by atoms with van der Waals surface area (Å²) in [6.45, 7) is 5.00. The number of rotatable bonds is 8. The summed E-state index contributed by atoms with van der Waals surface area (Å²) in [5.41, 5.74) is 2.99. The highest BCUT2D eigenvalue weighted by Gasteiger charge is 2.13. The maximum absolute atomic E-state index is 11.4. The van der Waals surface area contributed by atoms with Crippen molar-refractivity contribution in [3.05, 3.63) is 58.1 Å². The number of halogens is 1. The van der Waals surface area contributed by atoms with E-state index >= 15 is 0 Å². The van der Waals surface area contributed by atoms with E-state index in [4.69, 9.17) is 26.3 Å². The van der Waals surface area contributed by atoms with Gasteiger partial charge in [0.2, 0.25) is 5.91 Å². The number of nitrogens with one attached hydrogen (secondary N) is 1. The summed E-state index contributed by atoms with van der Waals surface area (Å²) in [5.74, 6) is 0.666. The lowest BCUT2D eigenvalue weighted by Gasteiger charge is -2.15. The molecule has 0 radical (unpaired) electrons. The Labute approximate surface area is 158 Å². The molecule has 0 aliphatic heterocycles. The summed E-state index contributed by atoms with van der Waals surface area (Å²) in [7, 11) is 0. The first-order chi connectivity index (χ1) is 12.5. The minimum absolute atomic E-state index is 0.177. The van der Waals surface area contributed by atoms with Gasteiger partial charge in [-0.15, -0.1) is 0 Å². The van der Waals surface area contributed by atoms with Gasteiger partial charge in [0.05, 0.1) is 17.7 Å². The van der Waals surface area contributed by atoms with Crippen LogP contribution in [-0.2, 0) is 17.9 Å². The van der Waals surface area contributed by atoms with Gasteiger partial charge in [0.15, 0.2) is 11.5 Å². The second-order valence-electron chi connectivity index (χ2n) is 5.72. The second kappa shape index (κ2) is 9.69. The first-order valence-corrected chi connectivity index (χ1v) is 8.68. The molecule has 0 fully saturated rings. The van der Waals surface area contributed by atoms with E-state index in [-0.39, 0.29) is 18.9 Å². The van der Waals surface area contributed by atoms with Crippen molar-refractivity contribution in [1.29, 1.82) is 5.26 Å². The summed E-state index contributed by atoms with van der Waals surface area (Å²) in [6.07, 6.45) is -0.177. The molecular formula is C20H21ClN2O3. The number of benzene rings is 2. The Bertz CT molecular complexity index is 798. The van der Waals surface area contributed by atoms with Crippen molar-refractivity contribution >= 4 is 17.5 Å². The van der Waals surface area contributed by atoms with Crippen molar-refractivity contribution in [3.8, 4) is 17.6 Å². The summed E-state index contributed by atoms with van der Waals surface area (Å²) in [4.78, 5) is 11.4. The van der Waals surface area contributed by atoms with Crippen LogP contribution in [0.3, 0.4) is 0 Å². The zero-order valence-corrected chi connectivity index (χ0v) is 15.6. The normalized spacial score (nSPS) is 10.1. The molecule has 6 heteroatoms. The Hall–Kier alpha value is -2.71. The van der Waals surface area contributed by atoms with Crippen molar-refractivity contribution in [2.75, 3.05) is 6.61 Å². The van der Waals surface area contributed by atoms with Crippen molar-refractivity contribution < 1.29 is 14.3 Å². The lowest BCUT2D eigenvalue weighted by atomic mass is 10.1. The fraction of sp³-hybridized carbons (Fsp3) is 0.300. The van der Waals surface area contributed by atoms with Gasteiger partial charge in [-0.1, -0.05) is 41.4 Å². The fourth-order valence-electron chi connectivity index (χ4n) is 2.30. The number of amides is 1. The van der Waals surface area contributed by atoms with Crippen LogP contribution in [0.4, 0.5) is 0 Å². The van der Waals surface area contributed by atoms with E-state index in [1.807, 2.05) is 44.2 Å². The van der Waals surface area contributed by atoms with Crippen molar-refractivity contribution in [1.82, 2.24) is 5.32 Å². The molecule has 0 aliphatic carbocycles. The van der Waals surface area contributed by atoms with Crippen LogP contribution in [-0.4, -0.2) is 12.5 Å². The van der Waals surface area contributed by atoms with Crippen molar-refractivity contribution in [3.63, 3.8) is 0 Å². The molecule has 0 heterocycles. The SMILES string of the molecule is CCOc1cc(CNC(=O)CC#N)cc(Cl)c1OCc1ccc(C)cc1. The molecule has 0 spiro atoms. The maximum atomic E-state index is 11.4. The third-order valence-corrected chi connectivity index (χ3v) is 3.88. The standard InChI is InChI=1S/C20H21ClN2O3/c1-3-25-18-11-16(12-23-19(24)8-9-22)10-17(21)20(18)26-13-15-6-4-14(2)5-7-15/h4-7,10-11H,3,8,12-13H2,1-2H3,(H,23,24). The molecule has 1 amide bonds. The van der Waals surface area contributed by atoms with Gasteiger partial charge >= 0.3 is 0 Å². The number of nitrogens with zero attached hydrogens (tertiary/aromatic N) is 1. The zero-order valence-electron chi connectivity index (χ0n) is 14.8. The van der Waals surface area contributed by atoms with Gasteiger partial charge in [-0.2, -0.15) is 5.26 Å². The fourth-order valence-corrected chi connectivity index (χ4v) is 2.59. The van der Waals surface area contributed by atoms with E-state index in [2.05, 4.69) is 5.32 Å². The number of hydrogen-bond acceptors (Lipinski definition) is 4. The first kappa shape index (κ1) is 19.6. The van der Waals surface area contributed by atoms with Gasteiger partial charge in [0, 0.05) is 6.54 Å². The van der Waals surface area contributed by atoms with Crippen LogP contribution in [0.5, 0.6) is 11.5 Å². The number of carbonyl (C=O) groups is 1. The van der Waals surface area contributed by atoms with Gasteiger partial charge in [-0.3, -0.25) is 4.79 Å². The molecule has 5 nitrogen and oxygen atoms in total. The quantitative estimate of drug-likeness (QED) is 0.755. The topological polar surface area (TPSA) is 71.3 Å². The van der Waals surface area contributed by atoms with Gasteiger partial charge in [-0.05, 0) is 37.1 Å². The highest BCUT2D eigenvalue weighted by Crippen LogP contribution is 2.37. The predicted molar refractivity (Wildman–Crippen MR) is 100 cm³/mol. The smallest absolute Gasteiger partial charge is 0.234 e. The van der Waals surface area contributed by atoms with Crippen LogP contribution >= 0.6 is 11.6 Å². The van der Waals surface area contributed by atoms with Crippen LogP contribution in [0, 0.1) is 18.3 Å². The van der Waals surface area contributed by atoms with Crippen molar-refractivity contribution in [2.45, 2.75) is 33.4 Å². The summed E-state index contributed by atoms with van der Waals surface area (Å²) in [5, 5.41) is 11.6. The predicted octanol–water partition coefficient (Wildman–Crippen LogP) is 4.16. The number of carbonyl (C=O) groups excluding carboxylic acids is 1. The molecule has 2 aromatic carbocycles. The molecule has 0 bridgehead atoms. The van der Waals surface area contributed by atoms with Crippen LogP contribution in [0.2, 0.25) is 5.02 Å². The minimum Gasteiger partial charge on any atom is -0.490 e. The Balaban J connectivity index is 2.13.